The van der Waals surface area contributed by atoms with E-state index in [0.29, 0.717) is 25.7 Å². The van der Waals surface area contributed by atoms with E-state index in [-0.39, 0.29) is 12.0 Å². The lowest BCUT2D eigenvalue weighted by Crippen LogP contribution is -2.43. The Morgan fingerprint density at radius 1 is 1.53 bits per heavy atom. The van der Waals surface area contributed by atoms with Gasteiger partial charge < -0.3 is 20.1 Å². The van der Waals surface area contributed by atoms with Crippen molar-refractivity contribution in [3.63, 3.8) is 0 Å². The lowest BCUT2D eigenvalue weighted by atomic mass is 10.2. The highest BCUT2D eigenvalue weighted by atomic mass is 16.5. The molecule has 0 saturated carbocycles. The molecule has 1 saturated heterocycles. The summed E-state index contributed by atoms with van der Waals surface area (Å²) in [4.78, 5) is 11.6. The molecule has 0 radical (unpaired) electrons. The van der Waals surface area contributed by atoms with E-state index in [2.05, 4.69) is 24.5 Å². The summed E-state index contributed by atoms with van der Waals surface area (Å²) in [5, 5.41) is 6.07. The van der Waals surface area contributed by atoms with Gasteiger partial charge in [0.05, 0.1) is 19.3 Å². The van der Waals surface area contributed by atoms with Crippen LogP contribution in [0.5, 0.6) is 0 Å². The first kappa shape index (κ1) is 14.4. The second kappa shape index (κ2) is 7.63. The minimum Gasteiger partial charge on any atom is -0.373 e. The Kier molecular flexibility index (Phi) is 6.47. The highest BCUT2D eigenvalue weighted by Crippen LogP contribution is 2.00. The molecular formula is C12H24N2O3. The lowest BCUT2D eigenvalue weighted by Gasteiger charge is -2.24. The molecule has 1 rings (SSSR count). The first-order valence-electron chi connectivity index (χ1n) is 6.31. The molecule has 1 aliphatic rings. The Morgan fingerprint density at radius 3 is 2.88 bits per heavy atom. The maximum absolute atomic E-state index is 11.6. The molecule has 2 unspecified atom stereocenters. The van der Waals surface area contributed by atoms with Gasteiger partial charge in [-0.3, -0.25) is 4.79 Å². The number of rotatable bonds is 6. The van der Waals surface area contributed by atoms with Crippen LogP contribution in [-0.4, -0.2) is 51.0 Å². The van der Waals surface area contributed by atoms with Gasteiger partial charge in [-0.25, -0.2) is 0 Å². The van der Waals surface area contributed by atoms with Crippen molar-refractivity contribution in [2.24, 2.45) is 5.92 Å². The zero-order chi connectivity index (χ0) is 12.7. The van der Waals surface area contributed by atoms with Gasteiger partial charge in [0, 0.05) is 19.6 Å². The van der Waals surface area contributed by atoms with Gasteiger partial charge in [-0.15, -0.1) is 0 Å². The molecule has 1 fully saturated rings. The van der Waals surface area contributed by atoms with E-state index in [1.165, 1.54) is 0 Å². The minimum atomic E-state index is -0.417. The van der Waals surface area contributed by atoms with Crippen molar-refractivity contribution in [2.75, 3.05) is 32.8 Å². The van der Waals surface area contributed by atoms with Crippen LogP contribution >= 0.6 is 0 Å². The maximum Gasteiger partial charge on any atom is 0.248 e. The first-order chi connectivity index (χ1) is 8.09. The zero-order valence-corrected chi connectivity index (χ0v) is 11.0. The molecule has 0 aromatic carbocycles. The van der Waals surface area contributed by atoms with E-state index in [4.69, 9.17) is 9.47 Å². The largest absolute Gasteiger partial charge is 0.373 e. The number of hydrogen-bond donors (Lipinski definition) is 2. The summed E-state index contributed by atoms with van der Waals surface area (Å²) in [7, 11) is 0. The van der Waals surface area contributed by atoms with E-state index in [0.717, 1.165) is 13.1 Å². The van der Waals surface area contributed by atoms with Crippen LogP contribution in [0.2, 0.25) is 0 Å². The molecule has 5 nitrogen and oxygen atoms in total. The average Bonchev–Trinajstić information content (AvgIpc) is 2.34. The standard InChI is InChI=1S/C12H24N2O3/c1-9(2)6-14-12(15)10(3)17-8-11-7-13-4-5-16-11/h9-11,13H,4-8H2,1-3H3,(H,14,15). The Hall–Kier alpha value is -0.650. The van der Waals surface area contributed by atoms with E-state index >= 15 is 0 Å². The van der Waals surface area contributed by atoms with Crippen molar-refractivity contribution in [1.29, 1.82) is 0 Å². The third-order valence-electron chi connectivity index (χ3n) is 2.59. The van der Waals surface area contributed by atoms with Gasteiger partial charge >= 0.3 is 0 Å². The normalized spacial score (nSPS) is 22.5. The summed E-state index contributed by atoms with van der Waals surface area (Å²) >= 11 is 0. The molecule has 17 heavy (non-hydrogen) atoms. The van der Waals surface area contributed by atoms with Crippen molar-refractivity contribution in [3.8, 4) is 0 Å². The summed E-state index contributed by atoms with van der Waals surface area (Å²) in [6.45, 7) is 9.44. The van der Waals surface area contributed by atoms with Gasteiger partial charge in [-0.2, -0.15) is 0 Å². The summed E-state index contributed by atoms with van der Waals surface area (Å²) in [5.41, 5.74) is 0. The molecule has 2 N–H and O–H groups in total. The predicted molar refractivity (Wildman–Crippen MR) is 65.9 cm³/mol. The number of carbonyl (C=O) groups is 1. The Balaban J connectivity index is 2.14. The topological polar surface area (TPSA) is 59.6 Å². The molecular weight excluding hydrogens is 220 g/mol. The van der Waals surface area contributed by atoms with Crippen molar-refractivity contribution >= 4 is 5.91 Å². The third-order valence-corrected chi connectivity index (χ3v) is 2.59. The van der Waals surface area contributed by atoms with Crippen LogP contribution in [0.3, 0.4) is 0 Å². The number of ether oxygens (including phenoxy) is 2. The predicted octanol–water partition coefficient (Wildman–Crippen LogP) is 0.152. The highest BCUT2D eigenvalue weighted by molar-refractivity contribution is 5.80. The van der Waals surface area contributed by atoms with Crippen molar-refractivity contribution in [2.45, 2.75) is 33.0 Å². The lowest BCUT2D eigenvalue weighted by molar-refractivity contribution is -0.135. The average molecular weight is 244 g/mol. The monoisotopic (exact) mass is 244 g/mol. The zero-order valence-electron chi connectivity index (χ0n) is 11.0. The van der Waals surface area contributed by atoms with Crippen molar-refractivity contribution in [3.05, 3.63) is 0 Å². The van der Waals surface area contributed by atoms with Crippen molar-refractivity contribution < 1.29 is 14.3 Å². The second-order valence-electron chi connectivity index (χ2n) is 4.81. The van der Waals surface area contributed by atoms with Gasteiger partial charge in [0.25, 0.3) is 0 Å². The Morgan fingerprint density at radius 2 is 2.29 bits per heavy atom. The third kappa shape index (κ3) is 6.00. The van der Waals surface area contributed by atoms with Gasteiger partial charge in [0.15, 0.2) is 0 Å². The molecule has 0 aromatic heterocycles. The fourth-order valence-electron chi connectivity index (χ4n) is 1.50. The Bertz CT molecular complexity index is 228. The number of morpholine rings is 1. The highest BCUT2D eigenvalue weighted by Gasteiger charge is 2.18. The summed E-state index contributed by atoms with van der Waals surface area (Å²) in [6, 6.07) is 0. The molecule has 0 aliphatic carbocycles. The number of amides is 1. The SMILES string of the molecule is CC(C)CNC(=O)C(C)OCC1CNCCO1. The molecule has 1 amide bonds. The smallest absolute Gasteiger partial charge is 0.248 e. The molecule has 1 aliphatic heterocycles. The van der Waals surface area contributed by atoms with E-state index in [1.807, 2.05) is 0 Å². The summed E-state index contributed by atoms with van der Waals surface area (Å²) in [6.07, 6.45) is -0.358. The second-order valence-corrected chi connectivity index (χ2v) is 4.81. The summed E-state index contributed by atoms with van der Waals surface area (Å²) in [5.74, 6) is 0.402. The van der Waals surface area contributed by atoms with Crippen LogP contribution in [0.15, 0.2) is 0 Å². The first-order valence-corrected chi connectivity index (χ1v) is 6.31. The molecule has 0 bridgehead atoms. The fraction of sp³-hybridized carbons (Fsp3) is 0.917. The molecule has 5 heteroatoms. The number of hydrogen-bond acceptors (Lipinski definition) is 4. The van der Waals surface area contributed by atoms with Crippen LogP contribution in [-0.2, 0) is 14.3 Å². The van der Waals surface area contributed by atoms with Crippen LogP contribution < -0.4 is 10.6 Å². The number of carbonyl (C=O) groups excluding carboxylic acids is 1. The molecule has 0 aromatic rings. The van der Waals surface area contributed by atoms with Crippen LogP contribution in [0.4, 0.5) is 0 Å². The van der Waals surface area contributed by atoms with Gasteiger partial charge in [-0.1, -0.05) is 13.8 Å². The van der Waals surface area contributed by atoms with Crippen LogP contribution in [0.25, 0.3) is 0 Å². The molecule has 0 spiro atoms. The van der Waals surface area contributed by atoms with Crippen molar-refractivity contribution in [1.82, 2.24) is 10.6 Å². The fourth-order valence-corrected chi connectivity index (χ4v) is 1.50. The van der Waals surface area contributed by atoms with E-state index in [1.54, 1.807) is 6.92 Å². The Labute approximate surface area is 103 Å². The summed E-state index contributed by atoms with van der Waals surface area (Å²) < 4.78 is 11.0. The minimum absolute atomic E-state index is 0.0533. The molecule has 1 heterocycles. The van der Waals surface area contributed by atoms with Gasteiger partial charge in [-0.05, 0) is 12.8 Å². The van der Waals surface area contributed by atoms with Crippen LogP contribution in [0.1, 0.15) is 20.8 Å². The van der Waals surface area contributed by atoms with Gasteiger partial charge in [0.1, 0.15) is 6.10 Å². The maximum atomic E-state index is 11.6. The number of nitrogens with one attached hydrogen (secondary N) is 2. The van der Waals surface area contributed by atoms with Gasteiger partial charge in [0.2, 0.25) is 5.91 Å². The van der Waals surface area contributed by atoms with E-state index in [9.17, 15) is 4.79 Å². The molecule has 2 atom stereocenters. The quantitative estimate of drug-likeness (QED) is 0.698. The van der Waals surface area contributed by atoms with Crippen LogP contribution in [0, 0.1) is 5.92 Å². The molecule has 100 valence electrons. The van der Waals surface area contributed by atoms with E-state index < -0.39 is 6.10 Å².